The molecule has 0 saturated carbocycles. The molecule has 2 N–H and O–H groups in total. The van der Waals surface area contributed by atoms with Crippen molar-refractivity contribution in [3.8, 4) is 0 Å². The molecule has 3 heterocycles. The van der Waals surface area contributed by atoms with E-state index in [4.69, 9.17) is 5.73 Å². The molecule has 0 spiro atoms. The van der Waals surface area contributed by atoms with E-state index in [2.05, 4.69) is 40.0 Å². The topological polar surface area (TPSA) is 63.2 Å². The maximum absolute atomic E-state index is 5.73. The van der Waals surface area contributed by atoms with Gasteiger partial charge in [-0.05, 0) is 45.5 Å². The number of nitrogens with two attached hydrogens (primary N) is 1. The average molecular weight is 371 g/mol. The molecule has 2 aromatic heterocycles. The van der Waals surface area contributed by atoms with Crippen molar-refractivity contribution in [2.24, 2.45) is 13.0 Å². The lowest BCUT2D eigenvalue weighted by Gasteiger charge is -2.40. The van der Waals surface area contributed by atoms with Gasteiger partial charge in [-0.15, -0.1) is 23.7 Å². The summed E-state index contributed by atoms with van der Waals surface area (Å²) in [5.41, 5.74) is 7.04. The molecule has 0 aliphatic carbocycles. The number of nitrogen functional groups attached to an aromatic ring is 1. The Balaban J connectivity index is 0.00000208. The Kier molecular flexibility index (Phi) is 6.62. The quantitative estimate of drug-likeness (QED) is 0.875. The summed E-state index contributed by atoms with van der Waals surface area (Å²) in [5.74, 6) is 0.611. The SMILES string of the molecule is CN(Cc1cnc(N)s1)C[C@@H]1CCCN(C)[C@H]1c1ccnn1C.Cl. The molecule has 0 aromatic carbocycles. The van der Waals surface area contributed by atoms with Crippen molar-refractivity contribution in [1.82, 2.24) is 24.6 Å². The summed E-state index contributed by atoms with van der Waals surface area (Å²) in [6.07, 6.45) is 6.31. The number of aromatic nitrogens is 3. The zero-order valence-corrected chi connectivity index (χ0v) is 16.2. The van der Waals surface area contributed by atoms with Crippen molar-refractivity contribution in [2.45, 2.75) is 25.4 Å². The van der Waals surface area contributed by atoms with Gasteiger partial charge in [0.1, 0.15) is 0 Å². The minimum Gasteiger partial charge on any atom is -0.375 e. The summed E-state index contributed by atoms with van der Waals surface area (Å²) in [5, 5.41) is 5.02. The van der Waals surface area contributed by atoms with E-state index >= 15 is 0 Å². The van der Waals surface area contributed by atoms with E-state index < -0.39 is 0 Å². The van der Waals surface area contributed by atoms with Gasteiger partial charge in [0.25, 0.3) is 0 Å². The third-order valence-corrected chi connectivity index (χ3v) is 5.52. The van der Waals surface area contributed by atoms with E-state index in [1.807, 2.05) is 24.1 Å². The highest BCUT2D eigenvalue weighted by Gasteiger charge is 2.32. The summed E-state index contributed by atoms with van der Waals surface area (Å²) >= 11 is 1.58. The van der Waals surface area contributed by atoms with Crippen LogP contribution in [0.25, 0.3) is 0 Å². The zero-order valence-electron chi connectivity index (χ0n) is 14.6. The Morgan fingerprint density at radius 2 is 2.21 bits per heavy atom. The first-order valence-electron chi connectivity index (χ1n) is 8.11. The van der Waals surface area contributed by atoms with Gasteiger partial charge < -0.3 is 10.6 Å². The summed E-state index contributed by atoms with van der Waals surface area (Å²) in [7, 11) is 6.46. The second-order valence-corrected chi connectivity index (χ2v) is 7.72. The first-order valence-corrected chi connectivity index (χ1v) is 8.93. The van der Waals surface area contributed by atoms with Crippen molar-refractivity contribution in [3.63, 3.8) is 0 Å². The van der Waals surface area contributed by atoms with Crippen molar-refractivity contribution in [3.05, 3.63) is 29.0 Å². The van der Waals surface area contributed by atoms with Gasteiger partial charge in [0.2, 0.25) is 0 Å². The minimum absolute atomic E-state index is 0. The van der Waals surface area contributed by atoms with Crippen LogP contribution < -0.4 is 5.73 Å². The number of hydrogen-bond acceptors (Lipinski definition) is 6. The van der Waals surface area contributed by atoms with Crippen LogP contribution in [0.5, 0.6) is 0 Å². The normalized spacial score (nSPS) is 21.8. The maximum Gasteiger partial charge on any atom is 0.180 e. The third-order valence-electron chi connectivity index (χ3n) is 4.71. The van der Waals surface area contributed by atoms with Gasteiger partial charge in [-0.1, -0.05) is 0 Å². The highest BCUT2D eigenvalue weighted by atomic mass is 35.5. The highest BCUT2D eigenvalue weighted by Crippen LogP contribution is 2.35. The van der Waals surface area contributed by atoms with Crippen LogP contribution in [0.2, 0.25) is 0 Å². The first kappa shape index (κ1) is 19.2. The van der Waals surface area contributed by atoms with Gasteiger partial charge in [0.15, 0.2) is 5.13 Å². The fourth-order valence-corrected chi connectivity index (χ4v) is 4.48. The number of halogens is 1. The molecular weight excluding hydrogens is 344 g/mol. The molecule has 24 heavy (non-hydrogen) atoms. The zero-order chi connectivity index (χ0) is 16.4. The lowest BCUT2D eigenvalue weighted by Crippen LogP contribution is -2.41. The molecule has 134 valence electrons. The molecular formula is C16H27ClN6S. The van der Waals surface area contributed by atoms with E-state index in [1.165, 1.54) is 23.4 Å². The van der Waals surface area contributed by atoms with Crippen LogP contribution >= 0.6 is 23.7 Å². The van der Waals surface area contributed by atoms with Crippen LogP contribution in [0.15, 0.2) is 18.5 Å². The van der Waals surface area contributed by atoms with Crippen molar-refractivity contribution in [1.29, 1.82) is 0 Å². The molecule has 1 aliphatic heterocycles. The largest absolute Gasteiger partial charge is 0.375 e. The predicted molar refractivity (Wildman–Crippen MR) is 101 cm³/mol. The fraction of sp³-hybridized carbons (Fsp3) is 0.625. The van der Waals surface area contributed by atoms with Crippen LogP contribution in [0, 0.1) is 5.92 Å². The second-order valence-electron chi connectivity index (χ2n) is 6.57. The number of nitrogens with zero attached hydrogens (tertiary/aromatic N) is 5. The molecule has 8 heteroatoms. The Morgan fingerprint density at radius 1 is 1.42 bits per heavy atom. The maximum atomic E-state index is 5.73. The molecule has 0 unspecified atom stereocenters. The van der Waals surface area contributed by atoms with Gasteiger partial charge in [-0.25, -0.2) is 4.98 Å². The second kappa shape index (κ2) is 8.29. The van der Waals surface area contributed by atoms with Crippen molar-refractivity contribution < 1.29 is 0 Å². The Bertz CT molecular complexity index is 642. The van der Waals surface area contributed by atoms with E-state index in [-0.39, 0.29) is 12.4 Å². The number of aryl methyl sites for hydroxylation is 1. The van der Waals surface area contributed by atoms with Gasteiger partial charge in [-0.3, -0.25) is 9.58 Å². The van der Waals surface area contributed by atoms with Crippen LogP contribution in [-0.2, 0) is 13.6 Å². The Morgan fingerprint density at radius 3 is 2.83 bits per heavy atom. The summed E-state index contributed by atoms with van der Waals surface area (Å²) in [4.78, 5) is 10.2. The lowest BCUT2D eigenvalue weighted by molar-refractivity contribution is 0.0875. The molecule has 1 saturated heterocycles. The molecule has 6 nitrogen and oxygen atoms in total. The molecule has 2 aromatic rings. The van der Waals surface area contributed by atoms with Gasteiger partial charge >= 0.3 is 0 Å². The van der Waals surface area contributed by atoms with E-state index in [0.29, 0.717) is 17.1 Å². The monoisotopic (exact) mass is 370 g/mol. The Hall–Kier alpha value is -1.15. The predicted octanol–water partition coefficient (Wildman–Crippen LogP) is 2.40. The standard InChI is InChI=1S/C16H26N6S.ClH/c1-20(11-13-9-18-16(17)23-13)10-12-5-4-8-21(2)15(12)14-6-7-19-22(14)3;/h6-7,9,12,15H,4-5,8,10-11H2,1-3H3,(H2,17,18);1H/t12-,15+;/m0./s1. The molecule has 0 bridgehead atoms. The number of likely N-dealkylation sites (tertiary alicyclic amines) is 1. The number of anilines is 1. The molecule has 0 amide bonds. The van der Waals surface area contributed by atoms with Gasteiger partial charge in [-0.2, -0.15) is 5.10 Å². The molecule has 3 rings (SSSR count). The van der Waals surface area contributed by atoms with Gasteiger partial charge in [0, 0.05) is 37.4 Å². The van der Waals surface area contributed by atoms with E-state index in [0.717, 1.165) is 19.6 Å². The number of piperidine rings is 1. The van der Waals surface area contributed by atoms with Gasteiger partial charge in [0.05, 0.1) is 11.7 Å². The van der Waals surface area contributed by atoms with Crippen molar-refractivity contribution in [2.75, 3.05) is 32.9 Å². The van der Waals surface area contributed by atoms with Crippen molar-refractivity contribution >= 4 is 28.9 Å². The van der Waals surface area contributed by atoms with E-state index in [9.17, 15) is 0 Å². The van der Waals surface area contributed by atoms with Crippen LogP contribution in [-0.4, -0.2) is 51.7 Å². The smallest absolute Gasteiger partial charge is 0.180 e. The molecule has 0 radical (unpaired) electrons. The Labute approximate surface area is 154 Å². The minimum atomic E-state index is 0. The average Bonchev–Trinajstić information content (AvgIpc) is 3.08. The lowest BCUT2D eigenvalue weighted by atomic mass is 9.87. The van der Waals surface area contributed by atoms with Crippen LogP contribution in [0.4, 0.5) is 5.13 Å². The molecule has 2 atom stereocenters. The third kappa shape index (κ3) is 4.27. The number of hydrogen-bond donors (Lipinski definition) is 1. The highest BCUT2D eigenvalue weighted by molar-refractivity contribution is 7.15. The summed E-state index contributed by atoms with van der Waals surface area (Å²) in [6, 6.07) is 2.59. The first-order chi connectivity index (χ1) is 11.0. The number of thiazole rings is 1. The molecule has 1 aliphatic rings. The fourth-order valence-electron chi connectivity index (χ4n) is 3.72. The van der Waals surface area contributed by atoms with Crippen LogP contribution in [0.1, 0.15) is 29.5 Å². The number of rotatable bonds is 5. The van der Waals surface area contributed by atoms with Crippen LogP contribution in [0.3, 0.4) is 0 Å². The summed E-state index contributed by atoms with van der Waals surface area (Å²) in [6.45, 7) is 3.13. The van der Waals surface area contributed by atoms with E-state index in [1.54, 1.807) is 11.3 Å². The molecule has 1 fully saturated rings. The summed E-state index contributed by atoms with van der Waals surface area (Å²) < 4.78 is 2.02.